The Kier molecular flexibility index (Phi) is 2.81. The third kappa shape index (κ3) is 1.64. The van der Waals surface area contributed by atoms with E-state index in [1.165, 1.54) is 18.9 Å². The van der Waals surface area contributed by atoms with Crippen molar-refractivity contribution in [1.29, 1.82) is 0 Å². The maximum atomic E-state index is 9.24. The lowest BCUT2D eigenvalue weighted by Crippen LogP contribution is -2.02. The predicted molar refractivity (Wildman–Crippen MR) is 48.3 cm³/mol. The summed E-state index contributed by atoms with van der Waals surface area (Å²) in [4.78, 5) is 9.24. The van der Waals surface area contributed by atoms with E-state index in [2.05, 4.69) is 4.74 Å². The average Bonchev–Trinajstić information content (AvgIpc) is 2.45. The molecule has 0 saturated heterocycles. The van der Waals surface area contributed by atoms with Gasteiger partial charge in [0.05, 0.1) is 0 Å². The van der Waals surface area contributed by atoms with E-state index in [1.807, 2.05) is 6.26 Å². The van der Waals surface area contributed by atoms with E-state index in [1.54, 1.807) is 13.0 Å². The van der Waals surface area contributed by atoms with Gasteiger partial charge in [-0.05, 0) is 13.2 Å². The second-order valence-corrected chi connectivity index (χ2v) is 3.06. The van der Waals surface area contributed by atoms with E-state index < -0.39 is 0 Å². The van der Waals surface area contributed by atoms with Crippen molar-refractivity contribution in [3.05, 3.63) is 17.4 Å². The standard InChI is InChI=1S/C8H10O3S/c1-5-6(8(9)10-2)4-7(11-5)12-3/h4H,1-3H3/p+1. The zero-order valence-electron chi connectivity index (χ0n) is 7.25. The van der Waals surface area contributed by atoms with Gasteiger partial charge >= 0.3 is 5.97 Å². The fraction of sp³-hybridized carbons (Fsp3) is 0.375. The van der Waals surface area contributed by atoms with Gasteiger partial charge in [-0.3, -0.25) is 0 Å². The third-order valence-corrected chi connectivity index (χ3v) is 2.12. The van der Waals surface area contributed by atoms with Gasteiger partial charge in [0, 0.05) is 6.07 Å². The molecule has 0 radical (unpaired) electrons. The molecule has 0 aromatic carbocycles. The summed E-state index contributed by atoms with van der Waals surface area (Å²) >= 11 is 1.49. The zero-order valence-corrected chi connectivity index (χ0v) is 8.07. The lowest BCUT2D eigenvalue weighted by molar-refractivity contribution is 0.355. The van der Waals surface area contributed by atoms with Crippen LogP contribution in [0.15, 0.2) is 15.6 Å². The van der Waals surface area contributed by atoms with Crippen molar-refractivity contribution >= 4 is 17.7 Å². The van der Waals surface area contributed by atoms with Crippen LogP contribution < -0.4 is 0 Å². The fourth-order valence-electron chi connectivity index (χ4n) is 0.878. The first-order chi connectivity index (χ1) is 5.69. The number of aryl methyl sites for hydroxylation is 1. The molecule has 0 spiro atoms. The van der Waals surface area contributed by atoms with Crippen LogP contribution in [-0.2, 0) is 4.74 Å². The van der Waals surface area contributed by atoms with Crippen molar-refractivity contribution in [1.82, 2.24) is 0 Å². The third-order valence-electron chi connectivity index (χ3n) is 1.52. The van der Waals surface area contributed by atoms with Gasteiger partial charge < -0.3 is 13.9 Å². The molecule has 1 aromatic rings. The number of rotatable bonds is 2. The van der Waals surface area contributed by atoms with E-state index in [0.717, 1.165) is 5.09 Å². The molecule has 1 rings (SSSR count). The lowest BCUT2D eigenvalue weighted by atomic mass is 10.3. The van der Waals surface area contributed by atoms with Gasteiger partial charge in [0.25, 0.3) is 0 Å². The van der Waals surface area contributed by atoms with E-state index >= 15 is 0 Å². The van der Waals surface area contributed by atoms with Crippen LogP contribution in [0.25, 0.3) is 0 Å². The summed E-state index contributed by atoms with van der Waals surface area (Å²) in [5, 5.41) is 0.770. The van der Waals surface area contributed by atoms with Crippen molar-refractivity contribution in [2.75, 3.05) is 13.4 Å². The van der Waals surface area contributed by atoms with Gasteiger partial charge in [-0.1, -0.05) is 11.8 Å². The molecular formula is C8H11O3S+. The molecule has 0 aliphatic heterocycles. The summed E-state index contributed by atoms with van der Waals surface area (Å²) in [5.74, 6) is 0.565. The second-order valence-electron chi connectivity index (χ2n) is 2.25. The van der Waals surface area contributed by atoms with Crippen LogP contribution in [0.5, 0.6) is 0 Å². The highest BCUT2D eigenvalue weighted by Gasteiger charge is 2.20. The van der Waals surface area contributed by atoms with E-state index in [9.17, 15) is 4.79 Å². The Morgan fingerprint density at radius 3 is 2.75 bits per heavy atom. The molecule has 1 N–H and O–H groups in total. The molecule has 0 atom stereocenters. The van der Waals surface area contributed by atoms with Gasteiger partial charge in [-0.15, -0.1) is 0 Å². The van der Waals surface area contributed by atoms with E-state index in [-0.39, 0.29) is 5.97 Å². The Labute approximate surface area is 75.1 Å². The summed E-state index contributed by atoms with van der Waals surface area (Å²) in [6, 6.07) is 1.75. The van der Waals surface area contributed by atoms with Crippen molar-refractivity contribution in [3.8, 4) is 0 Å². The van der Waals surface area contributed by atoms with E-state index in [0.29, 0.717) is 11.3 Å². The topological polar surface area (TPSA) is 43.8 Å². The largest absolute Gasteiger partial charge is 0.520 e. The lowest BCUT2D eigenvalue weighted by Gasteiger charge is -1.85. The Morgan fingerprint density at radius 2 is 2.33 bits per heavy atom. The first-order valence-electron chi connectivity index (χ1n) is 3.43. The van der Waals surface area contributed by atoms with Gasteiger partial charge in [0.2, 0.25) is 0 Å². The van der Waals surface area contributed by atoms with Crippen LogP contribution in [0, 0.1) is 6.92 Å². The van der Waals surface area contributed by atoms with Gasteiger partial charge in [-0.2, -0.15) is 0 Å². The molecule has 0 amide bonds. The number of hydrogen-bond acceptors (Lipinski definition) is 3. The molecule has 4 heteroatoms. The van der Waals surface area contributed by atoms with Gasteiger partial charge in [-0.25, -0.2) is 0 Å². The average molecular weight is 187 g/mol. The summed E-state index contributed by atoms with van der Waals surface area (Å²) in [7, 11) is 1.42. The minimum atomic E-state index is -0.100. The first-order valence-corrected chi connectivity index (χ1v) is 4.66. The van der Waals surface area contributed by atoms with Crippen molar-refractivity contribution < 1.29 is 13.9 Å². The molecule has 1 heterocycles. The SMILES string of the molecule is COC(=[OH+])c1cc(SC)oc1C. The Bertz CT molecular complexity index is 290. The predicted octanol–water partition coefficient (Wildman–Crippen LogP) is 1.81. The molecule has 0 saturated carbocycles. The number of furan rings is 1. The van der Waals surface area contributed by atoms with Gasteiger partial charge in [0.15, 0.2) is 17.8 Å². The highest BCUT2D eigenvalue weighted by atomic mass is 32.2. The fourth-order valence-corrected chi connectivity index (χ4v) is 1.32. The quantitative estimate of drug-likeness (QED) is 0.403. The van der Waals surface area contributed by atoms with Crippen molar-refractivity contribution in [3.63, 3.8) is 0 Å². The minimum absolute atomic E-state index is 0.100. The summed E-state index contributed by atoms with van der Waals surface area (Å²) in [5.41, 5.74) is 0.613. The number of ether oxygens (including phenoxy) is 1. The van der Waals surface area contributed by atoms with Crippen molar-refractivity contribution in [2.45, 2.75) is 12.0 Å². The number of hydrogen-bond donors (Lipinski definition) is 0. The molecule has 0 aliphatic rings. The number of esters is 1. The number of thioether (sulfide) groups is 1. The summed E-state index contributed by atoms with van der Waals surface area (Å²) in [6.07, 6.45) is 1.91. The maximum absolute atomic E-state index is 9.24. The Morgan fingerprint density at radius 1 is 1.67 bits per heavy atom. The Hall–Kier alpha value is -0.900. The number of carbonyl (C=O) groups excluding carboxylic acids is 1. The molecule has 66 valence electrons. The summed E-state index contributed by atoms with van der Waals surface area (Å²) < 4.78 is 9.97. The normalized spacial score (nSPS) is 9.92. The van der Waals surface area contributed by atoms with Crippen LogP contribution in [-0.4, -0.2) is 24.1 Å². The minimum Gasteiger partial charge on any atom is -0.454 e. The van der Waals surface area contributed by atoms with Crippen molar-refractivity contribution in [2.24, 2.45) is 0 Å². The van der Waals surface area contributed by atoms with Crippen LogP contribution >= 0.6 is 11.8 Å². The molecule has 0 aliphatic carbocycles. The maximum Gasteiger partial charge on any atom is 0.520 e. The highest BCUT2D eigenvalue weighted by Crippen LogP contribution is 2.22. The monoisotopic (exact) mass is 187 g/mol. The van der Waals surface area contributed by atoms with E-state index in [4.69, 9.17) is 4.42 Å². The van der Waals surface area contributed by atoms with Crippen LogP contribution in [0.3, 0.4) is 0 Å². The molecule has 1 aromatic heterocycles. The van der Waals surface area contributed by atoms with Crippen LogP contribution in [0.1, 0.15) is 11.3 Å². The van der Waals surface area contributed by atoms with Gasteiger partial charge in [0.1, 0.15) is 5.76 Å². The second kappa shape index (κ2) is 3.67. The molecule has 12 heavy (non-hydrogen) atoms. The zero-order chi connectivity index (χ0) is 9.14. The van der Waals surface area contributed by atoms with Crippen LogP contribution in [0.4, 0.5) is 0 Å². The molecule has 3 nitrogen and oxygen atoms in total. The Balaban J connectivity index is 2.99. The molecule has 0 fully saturated rings. The number of methoxy groups -OCH3 is 1. The molecular weight excluding hydrogens is 176 g/mol. The molecule has 0 bridgehead atoms. The highest BCUT2D eigenvalue weighted by molar-refractivity contribution is 7.98. The summed E-state index contributed by atoms with van der Waals surface area (Å²) in [6.45, 7) is 1.78. The first kappa shape index (κ1) is 9.19. The smallest absolute Gasteiger partial charge is 0.454 e. The molecule has 0 unspecified atom stereocenters. The van der Waals surface area contributed by atoms with Crippen LogP contribution in [0.2, 0.25) is 0 Å².